The summed E-state index contributed by atoms with van der Waals surface area (Å²) in [6, 6.07) is 9.24. The second-order valence-corrected chi connectivity index (χ2v) is 6.30. The van der Waals surface area contributed by atoms with Gasteiger partial charge in [-0.2, -0.15) is 0 Å². The van der Waals surface area contributed by atoms with Crippen LogP contribution in [0.4, 0.5) is 5.69 Å². The van der Waals surface area contributed by atoms with Gasteiger partial charge in [-0.25, -0.2) is 4.98 Å². The van der Waals surface area contributed by atoms with Crippen LogP contribution >= 0.6 is 0 Å². The Bertz CT molecular complexity index is 1030. The van der Waals surface area contributed by atoms with Gasteiger partial charge in [-0.15, -0.1) is 0 Å². The van der Waals surface area contributed by atoms with Crippen molar-refractivity contribution < 1.29 is 9.59 Å². The lowest BCUT2D eigenvalue weighted by Gasteiger charge is -2.25. The molecule has 0 spiro atoms. The van der Waals surface area contributed by atoms with Crippen LogP contribution in [0, 0.1) is 0 Å². The molecular formula is C19H18N4O2. The number of benzene rings is 1. The number of piperidine rings is 1. The van der Waals surface area contributed by atoms with Crippen molar-refractivity contribution in [3.63, 3.8) is 0 Å². The Morgan fingerprint density at radius 2 is 2.20 bits per heavy atom. The van der Waals surface area contributed by atoms with E-state index in [1.165, 1.54) is 6.92 Å². The molecule has 1 aromatic carbocycles. The first-order chi connectivity index (χ1) is 12.0. The van der Waals surface area contributed by atoms with E-state index in [2.05, 4.69) is 22.2 Å². The molecule has 2 aromatic heterocycles. The van der Waals surface area contributed by atoms with Gasteiger partial charge >= 0.3 is 0 Å². The highest BCUT2D eigenvalue weighted by Gasteiger charge is 2.28. The number of aromatic nitrogens is 2. The van der Waals surface area contributed by atoms with Crippen LogP contribution in [0.15, 0.2) is 48.8 Å². The largest absolute Gasteiger partial charge is 0.329 e. The van der Waals surface area contributed by atoms with Crippen LogP contribution in [0.2, 0.25) is 0 Å². The third-order valence-corrected chi connectivity index (χ3v) is 4.52. The van der Waals surface area contributed by atoms with Crippen LogP contribution in [0.3, 0.4) is 0 Å². The minimum Gasteiger partial charge on any atom is -0.329 e. The normalized spacial score (nSPS) is 17.7. The summed E-state index contributed by atoms with van der Waals surface area (Å²) in [5.41, 5.74) is 3.17. The number of rotatable bonds is 2. The van der Waals surface area contributed by atoms with Crippen LogP contribution < -0.4 is 10.6 Å². The molecule has 126 valence electrons. The predicted octanol–water partition coefficient (Wildman–Crippen LogP) is 3.11. The molecule has 3 aromatic rings. The standard InChI is InChI=1S/C19H18N4O2/c1-11-5-7-17(19(25)21-11)23-16-8-6-13(22-12(2)24)10-15(16)14-4-3-9-20-18(14)23/h3-4,6,8-10,17H,1,5,7H2,2H3,(H,21,25)(H,22,24). The predicted molar refractivity (Wildman–Crippen MR) is 97.1 cm³/mol. The molecule has 1 atom stereocenters. The van der Waals surface area contributed by atoms with Crippen molar-refractivity contribution in [3.05, 3.63) is 48.8 Å². The summed E-state index contributed by atoms with van der Waals surface area (Å²) in [5.74, 6) is -0.182. The van der Waals surface area contributed by atoms with E-state index in [-0.39, 0.29) is 17.9 Å². The number of nitrogens with zero attached hydrogens (tertiary/aromatic N) is 2. The number of pyridine rings is 1. The first kappa shape index (κ1) is 15.4. The zero-order valence-electron chi connectivity index (χ0n) is 13.9. The SMILES string of the molecule is C=C1CCC(n2c3ccc(NC(C)=O)cc3c3cccnc32)C(=O)N1. The molecule has 4 rings (SSSR count). The average molecular weight is 334 g/mol. The van der Waals surface area contributed by atoms with E-state index >= 15 is 0 Å². The van der Waals surface area contributed by atoms with Crippen LogP contribution in [0.25, 0.3) is 21.9 Å². The fourth-order valence-corrected chi connectivity index (χ4v) is 3.48. The van der Waals surface area contributed by atoms with E-state index in [4.69, 9.17) is 0 Å². The molecule has 1 aliphatic rings. The first-order valence-electron chi connectivity index (χ1n) is 8.19. The molecule has 2 N–H and O–H groups in total. The summed E-state index contributed by atoms with van der Waals surface area (Å²) in [5, 5.41) is 7.58. The zero-order chi connectivity index (χ0) is 17.6. The van der Waals surface area contributed by atoms with Gasteiger partial charge in [0.05, 0.1) is 5.52 Å². The van der Waals surface area contributed by atoms with Gasteiger partial charge < -0.3 is 15.2 Å². The fourth-order valence-electron chi connectivity index (χ4n) is 3.48. The minimum atomic E-state index is -0.327. The molecule has 0 bridgehead atoms. The summed E-state index contributed by atoms with van der Waals surface area (Å²) >= 11 is 0. The zero-order valence-corrected chi connectivity index (χ0v) is 13.9. The lowest BCUT2D eigenvalue weighted by Crippen LogP contribution is -2.36. The average Bonchev–Trinajstić information content (AvgIpc) is 2.89. The Balaban J connectivity index is 1.95. The maximum Gasteiger partial charge on any atom is 0.247 e. The maximum absolute atomic E-state index is 12.5. The van der Waals surface area contributed by atoms with E-state index in [9.17, 15) is 9.59 Å². The minimum absolute atomic E-state index is 0.0633. The molecule has 1 aliphatic heterocycles. The third kappa shape index (κ3) is 2.55. The van der Waals surface area contributed by atoms with Crippen LogP contribution in [-0.4, -0.2) is 21.4 Å². The summed E-state index contributed by atoms with van der Waals surface area (Å²) < 4.78 is 1.99. The van der Waals surface area contributed by atoms with Crippen molar-refractivity contribution in [2.24, 2.45) is 0 Å². The van der Waals surface area contributed by atoms with Gasteiger partial charge in [-0.1, -0.05) is 6.58 Å². The van der Waals surface area contributed by atoms with E-state index in [1.54, 1.807) is 6.20 Å². The number of hydrogen-bond donors (Lipinski definition) is 2. The molecular weight excluding hydrogens is 316 g/mol. The highest BCUT2D eigenvalue weighted by molar-refractivity contribution is 6.09. The van der Waals surface area contributed by atoms with Crippen molar-refractivity contribution in [3.8, 4) is 0 Å². The van der Waals surface area contributed by atoms with E-state index in [1.807, 2.05) is 34.9 Å². The van der Waals surface area contributed by atoms with E-state index < -0.39 is 0 Å². The van der Waals surface area contributed by atoms with Crippen molar-refractivity contribution in [2.45, 2.75) is 25.8 Å². The maximum atomic E-state index is 12.5. The van der Waals surface area contributed by atoms with Crippen LogP contribution in [0.5, 0.6) is 0 Å². The number of nitrogens with one attached hydrogen (secondary N) is 2. The number of fused-ring (bicyclic) bond motifs is 3. The first-order valence-corrected chi connectivity index (χ1v) is 8.19. The summed E-state index contributed by atoms with van der Waals surface area (Å²) in [4.78, 5) is 28.4. The summed E-state index contributed by atoms with van der Waals surface area (Å²) in [7, 11) is 0. The molecule has 0 aliphatic carbocycles. The van der Waals surface area contributed by atoms with E-state index in [0.29, 0.717) is 6.42 Å². The number of amides is 2. The lowest BCUT2D eigenvalue weighted by molar-refractivity contribution is -0.124. The third-order valence-electron chi connectivity index (χ3n) is 4.52. The Morgan fingerprint density at radius 1 is 1.36 bits per heavy atom. The smallest absolute Gasteiger partial charge is 0.247 e. The number of hydrogen-bond acceptors (Lipinski definition) is 3. The van der Waals surface area contributed by atoms with Crippen molar-refractivity contribution in [2.75, 3.05) is 5.32 Å². The number of anilines is 1. The Labute approximate surface area is 144 Å². The second kappa shape index (κ2) is 5.73. The molecule has 6 heteroatoms. The van der Waals surface area contributed by atoms with Gasteiger partial charge in [0.1, 0.15) is 11.7 Å². The monoisotopic (exact) mass is 334 g/mol. The van der Waals surface area contributed by atoms with Crippen molar-refractivity contribution in [1.29, 1.82) is 0 Å². The highest BCUT2D eigenvalue weighted by atomic mass is 16.2. The van der Waals surface area contributed by atoms with Gasteiger partial charge in [0.15, 0.2) is 0 Å². The van der Waals surface area contributed by atoms with Crippen LogP contribution in [-0.2, 0) is 9.59 Å². The van der Waals surface area contributed by atoms with Crippen molar-refractivity contribution in [1.82, 2.24) is 14.9 Å². The fraction of sp³-hybridized carbons (Fsp3) is 0.211. The molecule has 0 radical (unpaired) electrons. The molecule has 6 nitrogen and oxygen atoms in total. The van der Waals surface area contributed by atoms with Crippen molar-refractivity contribution >= 4 is 39.4 Å². The Hall–Kier alpha value is -3.15. The molecule has 25 heavy (non-hydrogen) atoms. The van der Waals surface area contributed by atoms with E-state index in [0.717, 1.165) is 39.7 Å². The molecule has 0 saturated carbocycles. The molecule has 1 unspecified atom stereocenters. The van der Waals surface area contributed by atoms with Crippen LogP contribution in [0.1, 0.15) is 25.8 Å². The molecule has 2 amide bonds. The summed E-state index contributed by atoms with van der Waals surface area (Å²) in [6.07, 6.45) is 3.16. The second-order valence-electron chi connectivity index (χ2n) is 6.30. The topological polar surface area (TPSA) is 76.0 Å². The van der Waals surface area contributed by atoms with Gasteiger partial charge in [0, 0.05) is 35.3 Å². The quantitative estimate of drug-likeness (QED) is 0.756. The number of carbonyl (C=O) groups is 2. The van der Waals surface area contributed by atoms with Gasteiger partial charge in [0.2, 0.25) is 11.8 Å². The molecule has 3 heterocycles. The number of carbonyl (C=O) groups excluding carboxylic acids is 2. The Kier molecular flexibility index (Phi) is 3.53. The highest BCUT2D eigenvalue weighted by Crippen LogP contribution is 2.35. The van der Waals surface area contributed by atoms with Gasteiger partial charge in [-0.3, -0.25) is 9.59 Å². The number of allylic oxidation sites excluding steroid dienone is 1. The van der Waals surface area contributed by atoms with Gasteiger partial charge in [-0.05, 0) is 43.2 Å². The molecule has 1 fully saturated rings. The summed E-state index contributed by atoms with van der Waals surface area (Å²) in [6.45, 7) is 5.33. The van der Waals surface area contributed by atoms with Gasteiger partial charge in [0.25, 0.3) is 0 Å². The lowest BCUT2D eigenvalue weighted by atomic mass is 10.0. The Morgan fingerprint density at radius 3 is 2.96 bits per heavy atom. The molecule has 1 saturated heterocycles.